The molecule has 0 aliphatic carbocycles. The molecule has 0 saturated carbocycles. The Balaban J connectivity index is 0.00000464. The van der Waals surface area contributed by atoms with Gasteiger partial charge in [0.2, 0.25) is 0 Å². The number of ether oxygens (including phenoxy) is 1. The van der Waals surface area contributed by atoms with Gasteiger partial charge in [0.05, 0.1) is 0 Å². The molecule has 0 fully saturated rings. The van der Waals surface area contributed by atoms with Crippen LogP contribution in [0.3, 0.4) is 0 Å². The van der Waals surface area contributed by atoms with Crippen LogP contribution in [0.5, 0.6) is 11.5 Å². The molecular weight excluding hydrogens is 818 g/mol. The first-order valence-electron chi connectivity index (χ1n) is 18.5. The third-order valence-electron chi connectivity index (χ3n) is 9.75. The number of benzene rings is 4. The summed E-state index contributed by atoms with van der Waals surface area (Å²) in [6.07, 6.45) is 11.2. The van der Waals surface area contributed by atoms with Gasteiger partial charge in [0, 0.05) is 44.3 Å². The van der Waals surface area contributed by atoms with E-state index in [-0.39, 0.29) is 21.1 Å². The van der Waals surface area contributed by atoms with Crippen LogP contribution >= 0.6 is 0 Å². The van der Waals surface area contributed by atoms with E-state index in [1.807, 2.05) is 18.3 Å². The summed E-state index contributed by atoms with van der Waals surface area (Å²) in [7, 11) is 0. The van der Waals surface area contributed by atoms with E-state index in [2.05, 4.69) is 149 Å². The Morgan fingerprint density at radius 3 is 2.31 bits per heavy atom. The minimum atomic E-state index is 0. The predicted molar refractivity (Wildman–Crippen MR) is 212 cm³/mol. The Hall–Kier alpha value is -4.40. The smallest absolute Gasteiger partial charge is 0.135 e. The molecule has 7 aromatic rings. The molecule has 0 atom stereocenters. The Morgan fingerprint density at radius 2 is 1.56 bits per heavy atom. The van der Waals surface area contributed by atoms with Gasteiger partial charge in [-0.1, -0.05) is 120 Å². The van der Waals surface area contributed by atoms with Crippen molar-refractivity contribution in [2.24, 2.45) is 11.8 Å². The Labute approximate surface area is 324 Å². The Morgan fingerprint density at radius 1 is 0.750 bits per heavy atom. The molecule has 0 aliphatic rings. The normalized spacial score (nSPS) is 11.6. The number of fused-ring (bicyclic) bond motifs is 3. The van der Waals surface area contributed by atoms with Crippen LogP contribution in [0.4, 0.5) is 0 Å². The van der Waals surface area contributed by atoms with Gasteiger partial charge >= 0.3 is 0 Å². The van der Waals surface area contributed by atoms with E-state index in [4.69, 9.17) is 9.72 Å². The molecule has 270 valence electrons. The first-order valence-corrected chi connectivity index (χ1v) is 18.5. The topological polar surface area (TPSA) is 32.0 Å². The molecule has 0 saturated heterocycles. The van der Waals surface area contributed by atoms with Crippen molar-refractivity contribution in [2.45, 2.75) is 80.6 Å². The Bertz CT molecular complexity index is 2310. The molecule has 4 nitrogen and oxygen atoms in total. The number of hydrogen-bond donors (Lipinski definition) is 0. The van der Waals surface area contributed by atoms with Gasteiger partial charge in [0.25, 0.3) is 0 Å². The second-order valence-corrected chi connectivity index (χ2v) is 14.9. The van der Waals surface area contributed by atoms with Crippen LogP contribution in [0.15, 0.2) is 91.1 Å². The van der Waals surface area contributed by atoms with E-state index in [9.17, 15) is 0 Å². The van der Waals surface area contributed by atoms with E-state index in [0.29, 0.717) is 17.4 Å². The summed E-state index contributed by atoms with van der Waals surface area (Å²) in [5.74, 6) is 3.42. The van der Waals surface area contributed by atoms with Gasteiger partial charge in [-0.05, 0) is 72.7 Å². The number of aryl methyl sites for hydroxylation is 3. The van der Waals surface area contributed by atoms with Crippen molar-refractivity contribution in [3.8, 4) is 34.1 Å². The summed E-state index contributed by atoms with van der Waals surface area (Å²) in [6, 6.07) is 37.4. The summed E-state index contributed by atoms with van der Waals surface area (Å²) >= 11 is 0. The van der Waals surface area contributed by atoms with Crippen LogP contribution in [0, 0.1) is 50.9 Å². The molecule has 0 spiro atoms. The summed E-state index contributed by atoms with van der Waals surface area (Å²) in [5, 5.41) is 2.36. The van der Waals surface area contributed by atoms with Crippen LogP contribution in [-0.2, 0) is 33.9 Å². The second-order valence-electron chi connectivity index (χ2n) is 14.9. The number of hydrogen-bond acceptors (Lipinski definition) is 2. The number of aromatic nitrogens is 3. The van der Waals surface area contributed by atoms with Crippen LogP contribution in [0.1, 0.15) is 74.9 Å². The molecule has 0 aliphatic heterocycles. The van der Waals surface area contributed by atoms with E-state index in [1.165, 1.54) is 46.9 Å². The maximum atomic E-state index is 6.68. The van der Waals surface area contributed by atoms with Crippen molar-refractivity contribution in [1.82, 2.24) is 14.1 Å². The van der Waals surface area contributed by atoms with E-state index < -0.39 is 0 Å². The van der Waals surface area contributed by atoms with Crippen molar-refractivity contribution in [2.75, 3.05) is 0 Å². The average Bonchev–Trinajstić information content (AvgIpc) is 3.58. The standard InChI is InChI=1S/C47H48N3O.Pt/c1-31(2)13-11-12-14-36-17-20-44-43(27-36)42-19-18-40(29-45(42)50(44)46-24-33(5)21-22-48-46)51-41-26-37(23-32(3)4)25-39(28-41)49-30-34(6)47(35(49)7)38-15-9-8-10-16-38;/h8-10,15-22,24-27,31-32H,11-14,23H2,1-7H3;/q-3;. The zero-order chi connectivity index (χ0) is 35.6. The minimum Gasteiger partial charge on any atom is -0.510 e. The van der Waals surface area contributed by atoms with E-state index >= 15 is 0 Å². The van der Waals surface area contributed by atoms with Gasteiger partial charge in [0.1, 0.15) is 5.82 Å². The Kier molecular flexibility index (Phi) is 11.6. The van der Waals surface area contributed by atoms with Crippen molar-refractivity contribution in [1.29, 1.82) is 0 Å². The van der Waals surface area contributed by atoms with Crippen LogP contribution in [-0.4, -0.2) is 14.1 Å². The van der Waals surface area contributed by atoms with E-state index in [1.54, 1.807) is 0 Å². The second kappa shape index (κ2) is 16.1. The first kappa shape index (κ1) is 37.4. The molecule has 0 bridgehead atoms. The SMILES string of the molecule is Cc1ccnc(-n2c3[c-]c(Oc4[c-]c(-n5[c-]c(C)c(-c6ccccc6)c5C)cc(CC(C)C)c4)ccc3c3cc(CCCCC(C)C)ccc32)c1.[Pt]. The molecule has 3 heterocycles. The summed E-state index contributed by atoms with van der Waals surface area (Å²) in [5.41, 5.74) is 11.4. The molecule has 52 heavy (non-hydrogen) atoms. The van der Waals surface area contributed by atoms with Gasteiger partial charge < -0.3 is 13.9 Å². The number of pyridine rings is 1. The zero-order valence-corrected chi connectivity index (χ0v) is 33.7. The van der Waals surface area contributed by atoms with Gasteiger partial charge in [-0.25, -0.2) is 4.98 Å². The van der Waals surface area contributed by atoms with Gasteiger partial charge in [-0.3, -0.25) is 0 Å². The quantitative estimate of drug-likeness (QED) is 0.0905. The fourth-order valence-corrected chi connectivity index (χ4v) is 7.38. The summed E-state index contributed by atoms with van der Waals surface area (Å²) < 4.78 is 11.0. The van der Waals surface area contributed by atoms with Crippen molar-refractivity contribution < 1.29 is 25.8 Å². The fraction of sp³-hybridized carbons (Fsp3) is 0.298. The molecule has 0 unspecified atom stereocenters. The van der Waals surface area contributed by atoms with Gasteiger partial charge in [-0.15, -0.1) is 34.7 Å². The van der Waals surface area contributed by atoms with Crippen molar-refractivity contribution >= 4 is 21.8 Å². The molecule has 4 aromatic carbocycles. The fourth-order valence-electron chi connectivity index (χ4n) is 7.38. The number of rotatable bonds is 12. The molecule has 3 aromatic heterocycles. The maximum absolute atomic E-state index is 6.68. The summed E-state index contributed by atoms with van der Waals surface area (Å²) in [4.78, 5) is 4.81. The molecule has 5 heteroatoms. The molecule has 0 N–H and O–H groups in total. The predicted octanol–water partition coefficient (Wildman–Crippen LogP) is 12.3. The molecule has 7 rings (SSSR count). The molecule has 0 amide bonds. The average molecular weight is 866 g/mol. The third-order valence-corrected chi connectivity index (χ3v) is 9.75. The molecular formula is C47H48N3OPt-3. The largest absolute Gasteiger partial charge is 0.510 e. The monoisotopic (exact) mass is 865 g/mol. The van der Waals surface area contributed by atoms with Crippen LogP contribution in [0.25, 0.3) is 44.4 Å². The molecule has 0 radical (unpaired) electrons. The third kappa shape index (κ3) is 7.98. The number of unbranched alkanes of at least 4 members (excludes halogenated alkanes) is 1. The maximum Gasteiger partial charge on any atom is 0.135 e. The van der Waals surface area contributed by atoms with Crippen molar-refractivity contribution in [3.05, 3.63) is 137 Å². The van der Waals surface area contributed by atoms with Crippen LogP contribution < -0.4 is 4.74 Å². The van der Waals surface area contributed by atoms with Gasteiger partial charge in [-0.2, -0.15) is 29.4 Å². The van der Waals surface area contributed by atoms with Gasteiger partial charge in [0.15, 0.2) is 0 Å². The summed E-state index contributed by atoms with van der Waals surface area (Å²) in [6.45, 7) is 15.5. The van der Waals surface area contributed by atoms with Crippen molar-refractivity contribution in [3.63, 3.8) is 0 Å². The number of nitrogens with zero attached hydrogens (tertiary/aromatic N) is 3. The minimum absolute atomic E-state index is 0. The van der Waals surface area contributed by atoms with E-state index in [0.717, 1.165) is 63.5 Å². The zero-order valence-electron chi connectivity index (χ0n) is 31.4. The van der Waals surface area contributed by atoms with Crippen LogP contribution in [0.2, 0.25) is 0 Å². The first-order chi connectivity index (χ1) is 24.6.